The van der Waals surface area contributed by atoms with Gasteiger partial charge in [0, 0.05) is 25.2 Å². The van der Waals surface area contributed by atoms with E-state index in [1.807, 2.05) is 0 Å². The van der Waals surface area contributed by atoms with Crippen molar-refractivity contribution in [3.05, 3.63) is 0 Å². The normalized spacial score (nSPS) is 20.1. The fourth-order valence-electron chi connectivity index (χ4n) is 2.19. The minimum absolute atomic E-state index is 0.736. The molecule has 1 aliphatic carbocycles. The molecule has 96 valence electrons. The number of rotatable bonds is 9. The maximum atomic E-state index is 3.67. The second-order valence-corrected chi connectivity index (χ2v) is 5.35. The molecule has 0 radical (unpaired) electrons. The SMILES string of the molecule is CCC(C)CN(CC)C(CC)CNC1CC1. The van der Waals surface area contributed by atoms with Crippen LogP contribution in [0.3, 0.4) is 0 Å². The Bertz CT molecular complexity index is 178. The van der Waals surface area contributed by atoms with E-state index in [2.05, 4.69) is 37.9 Å². The molecule has 1 rings (SSSR count). The largest absolute Gasteiger partial charge is 0.312 e. The summed E-state index contributed by atoms with van der Waals surface area (Å²) in [6.07, 6.45) is 5.36. The Balaban J connectivity index is 2.32. The molecule has 0 aromatic heterocycles. The summed E-state index contributed by atoms with van der Waals surface area (Å²) in [7, 11) is 0. The first-order chi connectivity index (χ1) is 7.71. The zero-order chi connectivity index (χ0) is 12.0. The second-order valence-electron chi connectivity index (χ2n) is 5.35. The van der Waals surface area contributed by atoms with Gasteiger partial charge in [-0.25, -0.2) is 0 Å². The lowest BCUT2D eigenvalue weighted by molar-refractivity contribution is 0.169. The summed E-state index contributed by atoms with van der Waals surface area (Å²) >= 11 is 0. The highest BCUT2D eigenvalue weighted by Gasteiger charge is 2.23. The molecule has 0 aliphatic heterocycles. The molecule has 1 N–H and O–H groups in total. The summed E-state index contributed by atoms with van der Waals surface area (Å²) in [5.74, 6) is 0.829. The number of hydrogen-bond acceptors (Lipinski definition) is 2. The van der Waals surface area contributed by atoms with Gasteiger partial charge in [0.25, 0.3) is 0 Å². The topological polar surface area (TPSA) is 15.3 Å². The van der Waals surface area contributed by atoms with E-state index in [-0.39, 0.29) is 0 Å². The highest BCUT2D eigenvalue weighted by Crippen LogP contribution is 2.19. The van der Waals surface area contributed by atoms with Crippen LogP contribution >= 0.6 is 0 Å². The van der Waals surface area contributed by atoms with E-state index in [1.54, 1.807) is 0 Å². The van der Waals surface area contributed by atoms with Crippen LogP contribution in [0, 0.1) is 5.92 Å². The molecule has 2 heteroatoms. The van der Waals surface area contributed by atoms with Crippen molar-refractivity contribution in [2.24, 2.45) is 5.92 Å². The van der Waals surface area contributed by atoms with Crippen LogP contribution in [-0.2, 0) is 0 Å². The van der Waals surface area contributed by atoms with Gasteiger partial charge in [-0.3, -0.25) is 4.90 Å². The van der Waals surface area contributed by atoms with E-state index in [0.717, 1.165) is 18.0 Å². The summed E-state index contributed by atoms with van der Waals surface area (Å²) in [5, 5.41) is 3.67. The molecule has 2 nitrogen and oxygen atoms in total. The van der Waals surface area contributed by atoms with Gasteiger partial charge in [0.2, 0.25) is 0 Å². The van der Waals surface area contributed by atoms with Crippen LogP contribution < -0.4 is 5.32 Å². The van der Waals surface area contributed by atoms with Crippen molar-refractivity contribution in [3.8, 4) is 0 Å². The van der Waals surface area contributed by atoms with E-state index in [1.165, 1.54) is 45.3 Å². The minimum atomic E-state index is 0.736. The third-order valence-corrected chi connectivity index (χ3v) is 3.86. The van der Waals surface area contributed by atoms with Gasteiger partial charge < -0.3 is 5.32 Å². The van der Waals surface area contributed by atoms with Crippen molar-refractivity contribution >= 4 is 0 Å². The lowest BCUT2D eigenvalue weighted by atomic mass is 10.1. The highest BCUT2D eigenvalue weighted by atomic mass is 15.2. The maximum Gasteiger partial charge on any atom is 0.0218 e. The van der Waals surface area contributed by atoms with Crippen molar-refractivity contribution < 1.29 is 0 Å². The van der Waals surface area contributed by atoms with Crippen molar-refractivity contribution in [2.75, 3.05) is 19.6 Å². The van der Waals surface area contributed by atoms with E-state index < -0.39 is 0 Å². The summed E-state index contributed by atoms with van der Waals surface area (Å²) in [5.41, 5.74) is 0. The zero-order valence-electron chi connectivity index (χ0n) is 11.6. The number of hydrogen-bond donors (Lipinski definition) is 1. The first kappa shape index (κ1) is 14.0. The fraction of sp³-hybridized carbons (Fsp3) is 1.00. The van der Waals surface area contributed by atoms with Gasteiger partial charge >= 0.3 is 0 Å². The minimum Gasteiger partial charge on any atom is -0.312 e. The van der Waals surface area contributed by atoms with E-state index >= 15 is 0 Å². The van der Waals surface area contributed by atoms with Gasteiger partial charge in [0.15, 0.2) is 0 Å². The molecule has 0 heterocycles. The van der Waals surface area contributed by atoms with Crippen LogP contribution in [0.4, 0.5) is 0 Å². The van der Waals surface area contributed by atoms with Gasteiger partial charge in [0.1, 0.15) is 0 Å². The van der Waals surface area contributed by atoms with Crippen LogP contribution in [0.1, 0.15) is 53.4 Å². The van der Waals surface area contributed by atoms with Gasteiger partial charge in [-0.2, -0.15) is 0 Å². The van der Waals surface area contributed by atoms with E-state index in [9.17, 15) is 0 Å². The molecule has 0 amide bonds. The lowest BCUT2D eigenvalue weighted by Crippen LogP contribution is -2.44. The predicted octanol–water partition coefficient (Wildman–Crippen LogP) is 2.89. The molecule has 1 aliphatic rings. The number of nitrogens with zero attached hydrogens (tertiary/aromatic N) is 1. The van der Waals surface area contributed by atoms with Crippen LogP contribution in [0.5, 0.6) is 0 Å². The molecule has 0 saturated heterocycles. The summed E-state index contributed by atoms with van der Waals surface area (Å²) < 4.78 is 0. The Kier molecular flexibility index (Phi) is 6.37. The molecular weight excluding hydrogens is 196 g/mol. The van der Waals surface area contributed by atoms with Gasteiger partial charge in [-0.05, 0) is 31.7 Å². The summed E-state index contributed by atoms with van der Waals surface area (Å²) in [4.78, 5) is 2.66. The molecule has 16 heavy (non-hydrogen) atoms. The smallest absolute Gasteiger partial charge is 0.0218 e. The van der Waals surface area contributed by atoms with Crippen molar-refractivity contribution in [2.45, 2.75) is 65.5 Å². The Hall–Kier alpha value is -0.0800. The van der Waals surface area contributed by atoms with Crippen molar-refractivity contribution in [1.82, 2.24) is 10.2 Å². The quantitative estimate of drug-likeness (QED) is 0.650. The molecule has 2 atom stereocenters. The average molecular weight is 226 g/mol. The first-order valence-electron chi connectivity index (χ1n) is 7.18. The average Bonchev–Trinajstić information content (AvgIpc) is 3.11. The van der Waals surface area contributed by atoms with Crippen LogP contribution in [0.2, 0.25) is 0 Å². The van der Waals surface area contributed by atoms with E-state index in [4.69, 9.17) is 0 Å². The van der Waals surface area contributed by atoms with Gasteiger partial charge in [-0.1, -0.05) is 34.1 Å². The van der Waals surface area contributed by atoms with Crippen molar-refractivity contribution in [1.29, 1.82) is 0 Å². The third kappa shape index (κ3) is 4.84. The second kappa shape index (κ2) is 7.29. The van der Waals surface area contributed by atoms with Crippen LogP contribution in [0.15, 0.2) is 0 Å². The van der Waals surface area contributed by atoms with Gasteiger partial charge in [-0.15, -0.1) is 0 Å². The Morgan fingerprint density at radius 3 is 2.31 bits per heavy atom. The van der Waals surface area contributed by atoms with Crippen LogP contribution in [-0.4, -0.2) is 36.6 Å². The summed E-state index contributed by atoms with van der Waals surface area (Å²) in [6.45, 7) is 12.9. The third-order valence-electron chi connectivity index (χ3n) is 3.86. The molecule has 2 unspecified atom stereocenters. The monoisotopic (exact) mass is 226 g/mol. The Labute approximate surface area is 102 Å². The maximum absolute atomic E-state index is 3.67. The molecule has 1 fully saturated rings. The number of likely N-dealkylation sites (N-methyl/N-ethyl adjacent to an activating group) is 1. The van der Waals surface area contributed by atoms with Crippen LogP contribution in [0.25, 0.3) is 0 Å². The summed E-state index contributed by atoms with van der Waals surface area (Å²) in [6, 6.07) is 1.58. The number of nitrogens with one attached hydrogen (secondary N) is 1. The molecule has 0 aromatic rings. The molecule has 0 spiro atoms. The predicted molar refractivity (Wildman–Crippen MR) is 71.8 cm³/mol. The lowest BCUT2D eigenvalue weighted by Gasteiger charge is -2.32. The first-order valence-corrected chi connectivity index (χ1v) is 7.18. The molecular formula is C14H30N2. The standard InChI is InChI=1S/C14H30N2/c1-5-12(4)11-16(7-3)14(6-2)10-15-13-8-9-13/h12-15H,5-11H2,1-4H3. The van der Waals surface area contributed by atoms with Crippen molar-refractivity contribution in [3.63, 3.8) is 0 Å². The molecule has 1 saturated carbocycles. The van der Waals surface area contributed by atoms with Gasteiger partial charge in [0.05, 0.1) is 0 Å². The zero-order valence-corrected chi connectivity index (χ0v) is 11.6. The Morgan fingerprint density at radius 1 is 1.19 bits per heavy atom. The highest BCUT2D eigenvalue weighted by molar-refractivity contribution is 4.84. The molecule has 0 bridgehead atoms. The molecule has 0 aromatic carbocycles. The van der Waals surface area contributed by atoms with E-state index in [0.29, 0.717) is 0 Å². The fourth-order valence-corrected chi connectivity index (χ4v) is 2.19. The Morgan fingerprint density at radius 2 is 1.88 bits per heavy atom.